The smallest absolute Gasteiger partial charge is 0.140 e. The van der Waals surface area contributed by atoms with Crippen LogP contribution in [0.3, 0.4) is 0 Å². The zero-order valence-corrected chi connectivity index (χ0v) is 10.1. The Hall–Kier alpha value is -1.22. The molecule has 0 amide bonds. The van der Waals surface area contributed by atoms with Gasteiger partial charge in [0.2, 0.25) is 0 Å². The third kappa shape index (κ3) is 2.55. The summed E-state index contributed by atoms with van der Waals surface area (Å²) in [4.78, 5) is 11.1. The Bertz CT molecular complexity index is 401. The molecule has 1 unspecified atom stereocenters. The van der Waals surface area contributed by atoms with Crippen molar-refractivity contribution in [2.45, 2.75) is 44.2 Å². The van der Waals surface area contributed by atoms with E-state index in [1.165, 1.54) is 6.07 Å². The van der Waals surface area contributed by atoms with Gasteiger partial charge in [-0.1, -0.05) is 19.1 Å². The van der Waals surface area contributed by atoms with Gasteiger partial charge in [0.25, 0.3) is 0 Å². The molecule has 0 spiro atoms. The van der Waals surface area contributed by atoms with Crippen molar-refractivity contribution in [3.8, 4) is 0 Å². The van der Waals surface area contributed by atoms with Gasteiger partial charge in [0.1, 0.15) is 12.1 Å². The molecular formula is C14H18FNO. The fourth-order valence-electron chi connectivity index (χ4n) is 2.35. The van der Waals surface area contributed by atoms with Crippen molar-refractivity contribution in [1.29, 1.82) is 0 Å². The van der Waals surface area contributed by atoms with Crippen LogP contribution in [0.25, 0.3) is 0 Å². The van der Waals surface area contributed by atoms with Gasteiger partial charge >= 0.3 is 0 Å². The number of nitrogens with one attached hydrogen (secondary N) is 1. The van der Waals surface area contributed by atoms with E-state index in [1.54, 1.807) is 12.1 Å². The van der Waals surface area contributed by atoms with E-state index in [1.807, 2.05) is 13.0 Å². The molecule has 2 nitrogen and oxygen atoms in total. The zero-order valence-electron chi connectivity index (χ0n) is 10.1. The van der Waals surface area contributed by atoms with Crippen LogP contribution >= 0.6 is 0 Å². The molecule has 1 atom stereocenters. The molecular weight excluding hydrogens is 217 g/mol. The highest BCUT2D eigenvalue weighted by molar-refractivity contribution is 5.66. The molecule has 0 aromatic heterocycles. The third-order valence-corrected chi connectivity index (χ3v) is 3.59. The number of hydrogen-bond acceptors (Lipinski definition) is 2. The Morgan fingerprint density at radius 3 is 2.76 bits per heavy atom. The largest absolute Gasteiger partial charge is 0.301 e. The van der Waals surface area contributed by atoms with E-state index >= 15 is 0 Å². The molecule has 0 bridgehead atoms. The number of carbonyl (C=O) groups excluding carboxylic acids is 1. The van der Waals surface area contributed by atoms with Crippen LogP contribution in [0.2, 0.25) is 0 Å². The first-order valence-corrected chi connectivity index (χ1v) is 6.18. The molecule has 1 aliphatic carbocycles. The number of halogens is 1. The Morgan fingerprint density at radius 2 is 2.29 bits per heavy atom. The molecule has 0 radical (unpaired) electrons. The maximum Gasteiger partial charge on any atom is 0.140 e. The van der Waals surface area contributed by atoms with Crippen molar-refractivity contribution in [3.05, 3.63) is 35.6 Å². The van der Waals surface area contributed by atoms with Crippen LogP contribution < -0.4 is 5.32 Å². The predicted octanol–water partition coefficient (Wildman–Crippen LogP) is 2.99. The van der Waals surface area contributed by atoms with Gasteiger partial charge in [0.05, 0.1) is 5.54 Å². The highest BCUT2D eigenvalue weighted by Crippen LogP contribution is 2.33. The van der Waals surface area contributed by atoms with Gasteiger partial charge < -0.3 is 4.79 Å². The summed E-state index contributed by atoms with van der Waals surface area (Å²) in [6.07, 6.45) is 4.73. The lowest BCUT2D eigenvalue weighted by Crippen LogP contribution is -2.53. The maximum atomic E-state index is 13.2. The normalized spacial score (nSPS) is 19.4. The van der Waals surface area contributed by atoms with Crippen molar-refractivity contribution in [3.63, 3.8) is 0 Å². The molecule has 1 N–H and O–H groups in total. The van der Waals surface area contributed by atoms with Crippen LogP contribution in [0.4, 0.5) is 4.39 Å². The summed E-state index contributed by atoms with van der Waals surface area (Å²) in [5.41, 5.74) is 0.549. The van der Waals surface area contributed by atoms with Gasteiger partial charge in [-0.05, 0) is 43.4 Å². The van der Waals surface area contributed by atoms with Gasteiger partial charge in [0, 0.05) is 6.04 Å². The van der Waals surface area contributed by atoms with Crippen LogP contribution in [-0.2, 0) is 4.79 Å². The van der Waals surface area contributed by atoms with E-state index < -0.39 is 0 Å². The Kier molecular flexibility index (Phi) is 3.57. The molecule has 1 aromatic carbocycles. The van der Waals surface area contributed by atoms with Gasteiger partial charge in [-0.2, -0.15) is 0 Å². The minimum atomic E-state index is -0.368. The first kappa shape index (κ1) is 12.2. The Balaban J connectivity index is 2.13. The molecule has 1 aliphatic rings. The van der Waals surface area contributed by atoms with Gasteiger partial charge in [0.15, 0.2) is 0 Å². The highest BCUT2D eigenvalue weighted by Gasteiger charge is 2.38. The average molecular weight is 235 g/mol. The van der Waals surface area contributed by atoms with E-state index in [4.69, 9.17) is 0 Å². The molecule has 0 aliphatic heterocycles. The molecule has 1 saturated carbocycles. The summed E-state index contributed by atoms with van der Waals surface area (Å²) in [7, 11) is 0. The van der Waals surface area contributed by atoms with Crippen LogP contribution in [0.15, 0.2) is 24.3 Å². The fraction of sp³-hybridized carbons (Fsp3) is 0.500. The summed E-state index contributed by atoms with van der Waals surface area (Å²) < 4.78 is 13.2. The van der Waals surface area contributed by atoms with Gasteiger partial charge in [-0.3, -0.25) is 5.32 Å². The second-order valence-electron chi connectivity index (χ2n) is 4.79. The quantitative estimate of drug-likeness (QED) is 0.795. The van der Waals surface area contributed by atoms with Gasteiger partial charge in [-0.25, -0.2) is 4.39 Å². The van der Waals surface area contributed by atoms with Crippen molar-refractivity contribution in [1.82, 2.24) is 5.32 Å². The monoisotopic (exact) mass is 235 g/mol. The van der Waals surface area contributed by atoms with E-state index in [-0.39, 0.29) is 17.4 Å². The van der Waals surface area contributed by atoms with Crippen LogP contribution in [0.5, 0.6) is 0 Å². The van der Waals surface area contributed by atoms with Crippen molar-refractivity contribution in [2.75, 3.05) is 0 Å². The number of carbonyl (C=O) groups is 1. The fourth-order valence-corrected chi connectivity index (χ4v) is 2.35. The number of benzene rings is 1. The lowest BCUT2D eigenvalue weighted by molar-refractivity contribution is -0.116. The van der Waals surface area contributed by atoms with Crippen molar-refractivity contribution < 1.29 is 9.18 Å². The lowest BCUT2D eigenvalue weighted by atomic mass is 9.77. The van der Waals surface area contributed by atoms with Crippen LogP contribution in [0, 0.1) is 5.82 Å². The zero-order chi connectivity index (χ0) is 12.3. The Labute approximate surface area is 101 Å². The Morgan fingerprint density at radius 1 is 1.53 bits per heavy atom. The SMILES string of the molecule is CCC(NC1(C=O)CCC1)c1cccc(F)c1. The summed E-state index contributed by atoms with van der Waals surface area (Å²) in [6, 6.07) is 6.65. The average Bonchev–Trinajstić information content (AvgIpc) is 2.29. The first-order chi connectivity index (χ1) is 8.19. The van der Waals surface area contributed by atoms with Crippen LogP contribution in [0.1, 0.15) is 44.2 Å². The maximum absolute atomic E-state index is 13.2. The standard InChI is InChI=1S/C14H18FNO/c1-2-13(11-5-3-6-12(15)9-11)16-14(10-17)7-4-8-14/h3,5-6,9-10,13,16H,2,4,7-8H2,1H3. The molecule has 3 heteroatoms. The summed E-state index contributed by atoms with van der Waals surface area (Å²) in [5.74, 6) is -0.225. The van der Waals surface area contributed by atoms with E-state index in [0.717, 1.165) is 37.5 Å². The van der Waals surface area contributed by atoms with Crippen LogP contribution in [-0.4, -0.2) is 11.8 Å². The van der Waals surface area contributed by atoms with E-state index in [2.05, 4.69) is 5.32 Å². The molecule has 0 saturated heterocycles. The summed E-state index contributed by atoms with van der Waals surface area (Å²) in [6.45, 7) is 2.04. The van der Waals surface area contributed by atoms with Gasteiger partial charge in [-0.15, -0.1) is 0 Å². The second-order valence-corrected chi connectivity index (χ2v) is 4.79. The molecule has 0 heterocycles. The van der Waals surface area contributed by atoms with Crippen molar-refractivity contribution in [2.24, 2.45) is 0 Å². The molecule has 1 fully saturated rings. The number of hydrogen-bond donors (Lipinski definition) is 1. The third-order valence-electron chi connectivity index (χ3n) is 3.59. The minimum Gasteiger partial charge on any atom is -0.301 e. The predicted molar refractivity (Wildman–Crippen MR) is 65.2 cm³/mol. The molecule has 92 valence electrons. The summed E-state index contributed by atoms with van der Waals surface area (Å²) in [5, 5.41) is 3.38. The highest BCUT2D eigenvalue weighted by atomic mass is 19.1. The molecule has 17 heavy (non-hydrogen) atoms. The first-order valence-electron chi connectivity index (χ1n) is 6.18. The topological polar surface area (TPSA) is 29.1 Å². The van der Waals surface area contributed by atoms with E-state index in [9.17, 15) is 9.18 Å². The molecule has 2 rings (SSSR count). The number of aldehydes is 1. The second kappa shape index (κ2) is 4.96. The lowest BCUT2D eigenvalue weighted by Gasteiger charge is -2.40. The van der Waals surface area contributed by atoms with Crippen molar-refractivity contribution >= 4 is 6.29 Å². The van der Waals surface area contributed by atoms with E-state index in [0.29, 0.717) is 0 Å². The minimum absolute atomic E-state index is 0.0520. The molecule has 1 aromatic rings. The summed E-state index contributed by atoms with van der Waals surface area (Å²) >= 11 is 0. The number of rotatable bonds is 5.